The van der Waals surface area contributed by atoms with Gasteiger partial charge in [0.1, 0.15) is 11.9 Å². The summed E-state index contributed by atoms with van der Waals surface area (Å²) in [5, 5.41) is 4.19. The Labute approximate surface area is 126 Å². The lowest BCUT2D eigenvalue weighted by atomic mass is 9.86. The van der Waals surface area contributed by atoms with Crippen LogP contribution in [-0.2, 0) is 4.74 Å². The van der Waals surface area contributed by atoms with Gasteiger partial charge in [-0.3, -0.25) is 4.99 Å². The highest BCUT2D eigenvalue weighted by Crippen LogP contribution is 2.27. The van der Waals surface area contributed by atoms with Gasteiger partial charge in [0.2, 0.25) is 0 Å². The summed E-state index contributed by atoms with van der Waals surface area (Å²) in [4.78, 5) is 4.72. The van der Waals surface area contributed by atoms with Crippen LogP contribution < -0.4 is 5.32 Å². The molecule has 0 spiro atoms. The Hall–Kier alpha value is -1.06. The maximum Gasteiger partial charge on any atom is 0.139 e. The second kappa shape index (κ2) is 6.59. The predicted octanol–water partition coefficient (Wildman–Crippen LogP) is 3.84. The van der Waals surface area contributed by atoms with E-state index >= 15 is 0 Å². The number of halogens is 1. The molecular weight excluding hydrogens is 272 g/mol. The van der Waals surface area contributed by atoms with E-state index in [4.69, 9.17) is 21.3 Å². The fourth-order valence-corrected chi connectivity index (χ4v) is 2.37. The number of ether oxygens (including phenoxy) is 1. The van der Waals surface area contributed by atoms with Gasteiger partial charge in [0.15, 0.2) is 0 Å². The molecule has 0 saturated heterocycles. The van der Waals surface area contributed by atoms with Crippen LogP contribution in [0.4, 0.5) is 0 Å². The SMILES string of the molecule is CCOC(C1=NCC(C)(CC)CN1)c1ccc(Cl)cc1. The van der Waals surface area contributed by atoms with Crippen molar-refractivity contribution in [2.75, 3.05) is 19.7 Å². The molecule has 0 amide bonds. The lowest BCUT2D eigenvalue weighted by Gasteiger charge is -2.34. The summed E-state index contributed by atoms with van der Waals surface area (Å²) >= 11 is 5.95. The molecule has 0 aliphatic carbocycles. The molecule has 1 aliphatic heterocycles. The van der Waals surface area contributed by atoms with E-state index in [9.17, 15) is 0 Å². The fourth-order valence-electron chi connectivity index (χ4n) is 2.24. The first kappa shape index (κ1) is 15.3. The minimum Gasteiger partial charge on any atom is -0.371 e. The maximum atomic E-state index is 5.95. The minimum absolute atomic E-state index is 0.126. The molecule has 1 aromatic carbocycles. The summed E-state index contributed by atoms with van der Waals surface area (Å²) in [6.45, 7) is 8.92. The van der Waals surface area contributed by atoms with Crippen LogP contribution in [0.1, 0.15) is 38.9 Å². The topological polar surface area (TPSA) is 33.6 Å². The Bertz CT molecular complexity index is 472. The van der Waals surface area contributed by atoms with E-state index in [1.807, 2.05) is 31.2 Å². The van der Waals surface area contributed by atoms with E-state index in [2.05, 4.69) is 19.2 Å². The Morgan fingerprint density at radius 3 is 2.55 bits per heavy atom. The number of rotatable bonds is 5. The lowest BCUT2D eigenvalue weighted by molar-refractivity contribution is 0.105. The Morgan fingerprint density at radius 2 is 2.05 bits per heavy atom. The van der Waals surface area contributed by atoms with Crippen LogP contribution in [0.25, 0.3) is 0 Å². The number of hydrogen-bond acceptors (Lipinski definition) is 3. The molecule has 0 fully saturated rings. The van der Waals surface area contributed by atoms with Gasteiger partial charge in [0, 0.05) is 30.1 Å². The van der Waals surface area contributed by atoms with Crippen LogP contribution >= 0.6 is 11.6 Å². The minimum atomic E-state index is -0.126. The third-order valence-electron chi connectivity index (χ3n) is 3.94. The largest absolute Gasteiger partial charge is 0.371 e. The highest BCUT2D eigenvalue weighted by molar-refractivity contribution is 6.30. The molecule has 1 aromatic rings. The molecular formula is C16H23ClN2O. The third kappa shape index (κ3) is 3.53. The second-order valence-corrected chi connectivity index (χ2v) is 6.04. The Morgan fingerprint density at radius 1 is 1.35 bits per heavy atom. The first-order valence-electron chi connectivity index (χ1n) is 7.23. The zero-order valence-electron chi connectivity index (χ0n) is 12.4. The van der Waals surface area contributed by atoms with Crippen LogP contribution in [0.15, 0.2) is 29.3 Å². The Balaban J connectivity index is 2.19. The summed E-state index contributed by atoms with van der Waals surface area (Å²) in [5.41, 5.74) is 1.34. The average Bonchev–Trinajstić information content (AvgIpc) is 2.47. The molecule has 1 N–H and O–H groups in total. The summed E-state index contributed by atoms with van der Waals surface area (Å²) in [6, 6.07) is 7.78. The predicted molar refractivity (Wildman–Crippen MR) is 84.5 cm³/mol. The second-order valence-electron chi connectivity index (χ2n) is 5.61. The first-order chi connectivity index (χ1) is 9.58. The Kier molecular flexibility index (Phi) is 5.06. The van der Waals surface area contributed by atoms with E-state index in [0.29, 0.717) is 6.61 Å². The van der Waals surface area contributed by atoms with Crippen molar-refractivity contribution in [1.82, 2.24) is 5.32 Å². The van der Waals surface area contributed by atoms with Crippen LogP contribution in [0, 0.1) is 5.41 Å². The molecule has 0 aromatic heterocycles. The summed E-state index contributed by atoms with van der Waals surface area (Å²) in [7, 11) is 0. The molecule has 0 bridgehead atoms. The normalized spacial score (nSPS) is 23.9. The smallest absolute Gasteiger partial charge is 0.139 e. The molecule has 2 rings (SSSR count). The van der Waals surface area contributed by atoms with Crippen molar-refractivity contribution in [3.05, 3.63) is 34.9 Å². The van der Waals surface area contributed by atoms with E-state index in [1.165, 1.54) is 0 Å². The van der Waals surface area contributed by atoms with Crippen LogP contribution in [-0.4, -0.2) is 25.5 Å². The van der Waals surface area contributed by atoms with Crippen molar-refractivity contribution in [3.63, 3.8) is 0 Å². The van der Waals surface area contributed by atoms with Gasteiger partial charge in [-0.25, -0.2) is 0 Å². The van der Waals surface area contributed by atoms with Crippen molar-refractivity contribution in [2.45, 2.75) is 33.3 Å². The molecule has 2 atom stereocenters. The zero-order chi connectivity index (χ0) is 14.6. The van der Waals surface area contributed by atoms with Gasteiger partial charge in [-0.05, 0) is 31.0 Å². The molecule has 0 saturated carbocycles. The van der Waals surface area contributed by atoms with E-state index in [-0.39, 0.29) is 11.5 Å². The summed E-state index contributed by atoms with van der Waals surface area (Å²) in [6.07, 6.45) is 0.996. The molecule has 3 nitrogen and oxygen atoms in total. The highest BCUT2D eigenvalue weighted by Gasteiger charge is 2.29. The quantitative estimate of drug-likeness (QED) is 0.895. The van der Waals surface area contributed by atoms with Crippen molar-refractivity contribution < 1.29 is 4.74 Å². The monoisotopic (exact) mass is 294 g/mol. The van der Waals surface area contributed by atoms with E-state index in [1.54, 1.807) is 0 Å². The highest BCUT2D eigenvalue weighted by atomic mass is 35.5. The van der Waals surface area contributed by atoms with Crippen LogP contribution in [0.5, 0.6) is 0 Å². The molecule has 20 heavy (non-hydrogen) atoms. The zero-order valence-corrected chi connectivity index (χ0v) is 13.2. The van der Waals surface area contributed by atoms with Gasteiger partial charge in [0.05, 0.1) is 0 Å². The fraction of sp³-hybridized carbons (Fsp3) is 0.562. The number of nitrogens with zero attached hydrogens (tertiary/aromatic N) is 1. The van der Waals surface area contributed by atoms with E-state index < -0.39 is 0 Å². The van der Waals surface area contributed by atoms with Crippen LogP contribution in [0.3, 0.4) is 0 Å². The average molecular weight is 295 g/mol. The molecule has 110 valence electrons. The van der Waals surface area contributed by atoms with Gasteiger partial charge in [-0.2, -0.15) is 0 Å². The number of amidine groups is 1. The van der Waals surface area contributed by atoms with Crippen molar-refractivity contribution in [3.8, 4) is 0 Å². The summed E-state index contributed by atoms with van der Waals surface area (Å²) in [5.74, 6) is 0.931. The van der Waals surface area contributed by atoms with Crippen molar-refractivity contribution >= 4 is 17.4 Å². The number of hydrogen-bond donors (Lipinski definition) is 1. The van der Waals surface area contributed by atoms with Crippen molar-refractivity contribution in [1.29, 1.82) is 0 Å². The number of aliphatic imine (C=N–C) groups is 1. The van der Waals surface area contributed by atoms with Gasteiger partial charge in [0.25, 0.3) is 0 Å². The summed E-state index contributed by atoms with van der Waals surface area (Å²) < 4.78 is 5.87. The molecule has 4 heteroatoms. The third-order valence-corrected chi connectivity index (χ3v) is 4.19. The maximum absolute atomic E-state index is 5.95. The molecule has 1 heterocycles. The molecule has 1 aliphatic rings. The standard InChI is InChI=1S/C16H23ClN2O/c1-4-16(3)10-18-15(19-11-16)14(20-5-2)12-6-8-13(17)9-7-12/h6-9,14H,4-5,10-11H2,1-3H3,(H,18,19). The van der Waals surface area contributed by atoms with Gasteiger partial charge in [-0.15, -0.1) is 0 Å². The van der Waals surface area contributed by atoms with Gasteiger partial charge in [-0.1, -0.05) is 37.6 Å². The van der Waals surface area contributed by atoms with Crippen LogP contribution in [0.2, 0.25) is 5.02 Å². The molecule has 2 unspecified atom stereocenters. The number of benzene rings is 1. The van der Waals surface area contributed by atoms with Gasteiger partial charge < -0.3 is 10.1 Å². The first-order valence-corrected chi connectivity index (χ1v) is 7.61. The number of nitrogens with one attached hydrogen (secondary N) is 1. The van der Waals surface area contributed by atoms with Crippen molar-refractivity contribution in [2.24, 2.45) is 10.4 Å². The lowest BCUT2D eigenvalue weighted by Crippen LogP contribution is -2.45. The molecule has 0 radical (unpaired) electrons. The van der Waals surface area contributed by atoms with E-state index in [0.717, 1.165) is 35.9 Å². The van der Waals surface area contributed by atoms with Gasteiger partial charge >= 0.3 is 0 Å².